The van der Waals surface area contributed by atoms with E-state index in [2.05, 4.69) is 15.9 Å². The van der Waals surface area contributed by atoms with Gasteiger partial charge in [0, 0.05) is 24.1 Å². The number of benzene rings is 1. The van der Waals surface area contributed by atoms with Crippen LogP contribution in [-0.2, 0) is 0 Å². The molecular formula is C10H13BrN2. The van der Waals surface area contributed by atoms with E-state index in [-0.39, 0.29) is 0 Å². The third kappa shape index (κ3) is 2.10. The van der Waals surface area contributed by atoms with Crippen molar-refractivity contribution in [3.8, 4) is 0 Å². The van der Waals surface area contributed by atoms with Gasteiger partial charge in [-0.25, -0.2) is 0 Å². The van der Waals surface area contributed by atoms with Crippen molar-refractivity contribution in [2.45, 2.75) is 6.92 Å². The largest absolute Gasteiger partial charge is 0.363 e. The molecule has 0 saturated heterocycles. The summed E-state index contributed by atoms with van der Waals surface area (Å²) in [5.74, 6) is 0.532. The van der Waals surface area contributed by atoms with E-state index in [0.29, 0.717) is 5.84 Å². The molecule has 0 radical (unpaired) electrons. The molecule has 0 amide bonds. The summed E-state index contributed by atoms with van der Waals surface area (Å²) in [7, 11) is 3.75. The smallest absolute Gasteiger partial charge is 0.128 e. The van der Waals surface area contributed by atoms with Crippen LogP contribution in [0.3, 0.4) is 0 Å². The van der Waals surface area contributed by atoms with Crippen molar-refractivity contribution in [3.63, 3.8) is 0 Å². The first-order valence-corrected chi connectivity index (χ1v) is 4.84. The van der Waals surface area contributed by atoms with E-state index in [4.69, 9.17) is 5.41 Å². The molecule has 1 aromatic rings. The maximum absolute atomic E-state index is 7.86. The first-order valence-electron chi connectivity index (χ1n) is 4.05. The number of aryl methyl sites for hydroxylation is 1. The molecule has 1 N–H and O–H groups in total. The van der Waals surface area contributed by atoms with Gasteiger partial charge in [-0.2, -0.15) is 0 Å². The van der Waals surface area contributed by atoms with Crippen LogP contribution in [0.5, 0.6) is 0 Å². The van der Waals surface area contributed by atoms with Crippen molar-refractivity contribution in [3.05, 3.63) is 33.8 Å². The van der Waals surface area contributed by atoms with Crippen molar-refractivity contribution >= 4 is 21.8 Å². The van der Waals surface area contributed by atoms with Crippen LogP contribution >= 0.6 is 15.9 Å². The minimum absolute atomic E-state index is 0.532. The predicted molar refractivity (Wildman–Crippen MR) is 59.4 cm³/mol. The van der Waals surface area contributed by atoms with Crippen LogP contribution in [0, 0.1) is 12.3 Å². The van der Waals surface area contributed by atoms with Crippen LogP contribution in [0.25, 0.3) is 0 Å². The summed E-state index contributed by atoms with van der Waals surface area (Å²) in [6.45, 7) is 2.01. The van der Waals surface area contributed by atoms with Gasteiger partial charge in [-0.1, -0.05) is 28.1 Å². The fourth-order valence-corrected chi connectivity index (χ4v) is 1.81. The minimum Gasteiger partial charge on any atom is -0.363 e. The average molecular weight is 241 g/mol. The van der Waals surface area contributed by atoms with Gasteiger partial charge in [0.1, 0.15) is 5.84 Å². The monoisotopic (exact) mass is 240 g/mol. The molecule has 70 valence electrons. The van der Waals surface area contributed by atoms with Crippen molar-refractivity contribution in [2.24, 2.45) is 0 Å². The maximum atomic E-state index is 7.86. The van der Waals surface area contributed by atoms with Gasteiger partial charge in [0.15, 0.2) is 0 Å². The van der Waals surface area contributed by atoms with Crippen LogP contribution in [-0.4, -0.2) is 24.8 Å². The quantitative estimate of drug-likeness (QED) is 0.593. The van der Waals surface area contributed by atoms with Gasteiger partial charge < -0.3 is 4.90 Å². The first-order chi connectivity index (χ1) is 6.04. The number of hydrogen-bond donors (Lipinski definition) is 1. The van der Waals surface area contributed by atoms with Crippen LogP contribution in [0.4, 0.5) is 0 Å². The van der Waals surface area contributed by atoms with Gasteiger partial charge in [-0.05, 0) is 18.6 Å². The molecule has 0 saturated carbocycles. The molecule has 0 aliphatic rings. The molecular weight excluding hydrogens is 228 g/mol. The van der Waals surface area contributed by atoms with Crippen molar-refractivity contribution in [1.82, 2.24) is 4.90 Å². The lowest BCUT2D eigenvalue weighted by atomic mass is 10.1. The normalized spacial score (nSPS) is 9.85. The highest BCUT2D eigenvalue weighted by Gasteiger charge is 2.09. The minimum atomic E-state index is 0.532. The molecule has 0 unspecified atom stereocenters. The predicted octanol–water partition coefficient (Wildman–Crippen LogP) is 2.64. The number of halogens is 1. The van der Waals surface area contributed by atoms with E-state index < -0.39 is 0 Å². The maximum Gasteiger partial charge on any atom is 0.128 e. The Hall–Kier alpha value is -0.830. The molecule has 1 aromatic carbocycles. The molecule has 0 aromatic heterocycles. The van der Waals surface area contributed by atoms with Gasteiger partial charge in [0.25, 0.3) is 0 Å². The third-order valence-corrected chi connectivity index (χ3v) is 2.57. The highest BCUT2D eigenvalue weighted by molar-refractivity contribution is 9.10. The van der Waals surface area contributed by atoms with E-state index in [9.17, 15) is 0 Å². The Bertz CT molecular complexity index is 311. The molecule has 0 heterocycles. The van der Waals surface area contributed by atoms with Gasteiger partial charge in [0.05, 0.1) is 0 Å². The zero-order chi connectivity index (χ0) is 10.0. The Labute approximate surface area is 87.2 Å². The fourth-order valence-electron chi connectivity index (χ4n) is 1.16. The summed E-state index contributed by atoms with van der Waals surface area (Å²) in [6.07, 6.45) is 0. The summed E-state index contributed by atoms with van der Waals surface area (Å²) in [4.78, 5) is 1.80. The van der Waals surface area contributed by atoms with Crippen LogP contribution in [0.15, 0.2) is 22.7 Å². The lowest BCUT2D eigenvalue weighted by molar-refractivity contribution is 0.618. The zero-order valence-corrected chi connectivity index (χ0v) is 9.64. The Morgan fingerprint density at radius 2 is 2.00 bits per heavy atom. The molecule has 0 atom stereocenters. The van der Waals surface area contributed by atoms with Gasteiger partial charge in [-0.15, -0.1) is 0 Å². The van der Waals surface area contributed by atoms with Gasteiger partial charge in [0.2, 0.25) is 0 Å². The highest BCUT2D eigenvalue weighted by atomic mass is 79.9. The topological polar surface area (TPSA) is 27.1 Å². The number of nitrogens with one attached hydrogen (secondary N) is 1. The van der Waals surface area contributed by atoms with Crippen molar-refractivity contribution < 1.29 is 0 Å². The third-order valence-electron chi connectivity index (χ3n) is 1.91. The number of hydrogen-bond acceptors (Lipinski definition) is 1. The summed E-state index contributed by atoms with van der Waals surface area (Å²) in [6, 6.07) is 5.95. The summed E-state index contributed by atoms with van der Waals surface area (Å²) in [5.41, 5.74) is 2.08. The lowest BCUT2D eigenvalue weighted by Gasteiger charge is -2.16. The van der Waals surface area contributed by atoms with Crippen molar-refractivity contribution in [2.75, 3.05) is 14.1 Å². The molecule has 2 nitrogen and oxygen atoms in total. The standard InChI is InChI=1S/C10H13BrN2/c1-7-5-4-6-8(11)9(7)10(12)13(2)3/h4-6,12H,1-3H3. The van der Waals surface area contributed by atoms with E-state index in [1.807, 2.05) is 39.2 Å². The molecule has 3 heteroatoms. The first kappa shape index (κ1) is 10.3. The van der Waals surface area contributed by atoms with Crippen LogP contribution < -0.4 is 0 Å². The zero-order valence-electron chi connectivity index (χ0n) is 8.06. The van der Waals surface area contributed by atoms with Crippen LogP contribution in [0.1, 0.15) is 11.1 Å². The van der Waals surface area contributed by atoms with E-state index in [0.717, 1.165) is 15.6 Å². The lowest BCUT2D eigenvalue weighted by Crippen LogP contribution is -2.23. The van der Waals surface area contributed by atoms with Gasteiger partial charge in [-0.3, -0.25) is 5.41 Å². The highest BCUT2D eigenvalue weighted by Crippen LogP contribution is 2.20. The Balaban J connectivity index is 3.20. The fraction of sp³-hybridized carbons (Fsp3) is 0.300. The molecule has 0 aliphatic heterocycles. The SMILES string of the molecule is Cc1cccc(Br)c1C(=N)N(C)C. The molecule has 1 rings (SSSR count). The average Bonchev–Trinajstić information content (AvgIpc) is 2.03. The van der Waals surface area contributed by atoms with Gasteiger partial charge >= 0.3 is 0 Å². The molecule has 0 bridgehead atoms. The number of amidine groups is 1. The Morgan fingerprint density at radius 3 is 2.46 bits per heavy atom. The molecule has 0 fully saturated rings. The summed E-state index contributed by atoms with van der Waals surface area (Å²) < 4.78 is 0.978. The second-order valence-electron chi connectivity index (χ2n) is 3.17. The van der Waals surface area contributed by atoms with E-state index >= 15 is 0 Å². The Kier molecular flexibility index (Phi) is 3.09. The number of rotatable bonds is 1. The van der Waals surface area contributed by atoms with E-state index in [1.165, 1.54) is 0 Å². The number of nitrogens with zero attached hydrogens (tertiary/aromatic N) is 1. The van der Waals surface area contributed by atoms with Crippen molar-refractivity contribution in [1.29, 1.82) is 5.41 Å². The molecule has 13 heavy (non-hydrogen) atoms. The second kappa shape index (κ2) is 3.92. The second-order valence-corrected chi connectivity index (χ2v) is 4.03. The van der Waals surface area contributed by atoms with E-state index in [1.54, 1.807) is 4.90 Å². The summed E-state index contributed by atoms with van der Waals surface area (Å²) in [5, 5.41) is 7.86. The summed E-state index contributed by atoms with van der Waals surface area (Å²) >= 11 is 3.45. The molecule has 0 spiro atoms. The molecule has 0 aliphatic carbocycles. The Morgan fingerprint density at radius 1 is 1.38 bits per heavy atom. The van der Waals surface area contributed by atoms with Crippen LogP contribution in [0.2, 0.25) is 0 Å².